The summed E-state index contributed by atoms with van der Waals surface area (Å²) in [6, 6.07) is 11.6. The summed E-state index contributed by atoms with van der Waals surface area (Å²) >= 11 is 0. The first kappa shape index (κ1) is 20.6. The van der Waals surface area contributed by atoms with E-state index >= 15 is 0 Å². The number of carbonyl (C=O) groups excluding carboxylic acids is 1. The molecule has 2 aromatic carbocycles. The van der Waals surface area contributed by atoms with Crippen molar-refractivity contribution in [1.29, 1.82) is 0 Å². The van der Waals surface area contributed by atoms with Crippen LogP contribution in [0.25, 0.3) is 0 Å². The van der Waals surface area contributed by atoms with Crippen LogP contribution in [0.3, 0.4) is 0 Å². The highest BCUT2D eigenvalue weighted by atomic mass is 19.1. The molecule has 6 heteroatoms. The average molecular weight is 375 g/mol. The van der Waals surface area contributed by atoms with Gasteiger partial charge in [0.1, 0.15) is 0 Å². The third kappa shape index (κ3) is 5.88. The Kier molecular flexibility index (Phi) is 7.92. The van der Waals surface area contributed by atoms with E-state index in [1.54, 1.807) is 12.1 Å². The van der Waals surface area contributed by atoms with Crippen LogP contribution in [-0.4, -0.2) is 25.2 Å². The van der Waals surface area contributed by atoms with Crippen molar-refractivity contribution in [2.24, 2.45) is 0 Å². The van der Waals surface area contributed by atoms with Crippen LogP contribution in [0, 0.1) is 5.82 Å². The molecular formula is C21H26FNO4. The second kappa shape index (κ2) is 10.4. The van der Waals surface area contributed by atoms with Gasteiger partial charge in [0.25, 0.3) is 5.91 Å². The first-order valence-corrected chi connectivity index (χ1v) is 9.16. The van der Waals surface area contributed by atoms with Crippen molar-refractivity contribution in [2.45, 2.75) is 39.8 Å². The van der Waals surface area contributed by atoms with Crippen molar-refractivity contribution >= 4 is 5.91 Å². The first-order chi connectivity index (χ1) is 13.1. The van der Waals surface area contributed by atoms with Gasteiger partial charge in [0, 0.05) is 6.54 Å². The molecule has 1 atom stereocenters. The second-order valence-electron chi connectivity index (χ2n) is 5.81. The maximum Gasteiger partial charge on any atom is 0.261 e. The Morgan fingerprint density at radius 3 is 2.37 bits per heavy atom. The van der Waals surface area contributed by atoms with Gasteiger partial charge in [-0.25, -0.2) is 4.39 Å². The lowest BCUT2D eigenvalue weighted by Crippen LogP contribution is -2.37. The summed E-state index contributed by atoms with van der Waals surface area (Å²) in [7, 11) is 0. The molecule has 5 nitrogen and oxygen atoms in total. The molecule has 1 amide bonds. The van der Waals surface area contributed by atoms with Crippen molar-refractivity contribution in [3.63, 3.8) is 0 Å². The van der Waals surface area contributed by atoms with E-state index in [4.69, 9.17) is 14.2 Å². The number of ether oxygens (including phenoxy) is 3. The average Bonchev–Trinajstić information content (AvgIpc) is 2.67. The van der Waals surface area contributed by atoms with Gasteiger partial charge in [-0.15, -0.1) is 0 Å². The normalized spacial score (nSPS) is 11.6. The standard InChI is InChI=1S/C21H26FNO4/c1-4-17(27-18-10-8-7-9-16(18)22)21(24)23-14-15-11-12-19(25-5-2)20(13-15)26-6-3/h7-13,17H,4-6,14H2,1-3H3,(H,23,24). The molecule has 0 bridgehead atoms. The Bertz CT molecular complexity index is 751. The van der Waals surface area contributed by atoms with Crippen LogP contribution in [0.2, 0.25) is 0 Å². The smallest absolute Gasteiger partial charge is 0.261 e. The number of halogens is 1. The van der Waals surface area contributed by atoms with Crippen LogP contribution in [0.15, 0.2) is 42.5 Å². The van der Waals surface area contributed by atoms with Gasteiger partial charge in [0.2, 0.25) is 0 Å². The summed E-state index contributed by atoms with van der Waals surface area (Å²) in [5.74, 6) is 0.591. The second-order valence-corrected chi connectivity index (χ2v) is 5.81. The van der Waals surface area contributed by atoms with E-state index in [-0.39, 0.29) is 11.7 Å². The van der Waals surface area contributed by atoms with Crippen molar-refractivity contribution in [3.8, 4) is 17.2 Å². The summed E-state index contributed by atoms with van der Waals surface area (Å²) in [4.78, 5) is 12.4. The summed E-state index contributed by atoms with van der Waals surface area (Å²) in [6.07, 6.45) is -0.343. The van der Waals surface area contributed by atoms with Crippen LogP contribution in [0.1, 0.15) is 32.8 Å². The monoisotopic (exact) mass is 375 g/mol. The topological polar surface area (TPSA) is 56.8 Å². The van der Waals surface area contributed by atoms with Crippen molar-refractivity contribution in [2.75, 3.05) is 13.2 Å². The lowest BCUT2D eigenvalue weighted by molar-refractivity contribution is -0.128. The third-order valence-corrected chi connectivity index (χ3v) is 3.84. The van der Waals surface area contributed by atoms with Gasteiger partial charge in [-0.05, 0) is 50.1 Å². The fraction of sp³-hybridized carbons (Fsp3) is 0.381. The van der Waals surface area contributed by atoms with Crippen molar-refractivity contribution < 1.29 is 23.4 Å². The molecule has 1 N–H and O–H groups in total. The molecule has 0 heterocycles. The van der Waals surface area contributed by atoms with Gasteiger partial charge < -0.3 is 19.5 Å². The van der Waals surface area contributed by atoms with E-state index < -0.39 is 11.9 Å². The summed E-state index contributed by atoms with van der Waals surface area (Å²) in [5, 5.41) is 2.83. The molecule has 0 aliphatic carbocycles. The first-order valence-electron chi connectivity index (χ1n) is 9.16. The molecule has 0 radical (unpaired) electrons. The number of carbonyl (C=O) groups is 1. The van der Waals surface area contributed by atoms with Crippen LogP contribution in [0.4, 0.5) is 4.39 Å². The third-order valence-electron chi connectivity index (χ3n) is 3.84. The number of rotatable bonds is 10. The molecule has 0 saturated carbocycles. The minimum atomic E-state index is -0.768. The molecule has 0 aliphatic rings. The quantitative estimate of drug-likeness (QED) is 0.679. The number of para-hydroxylation sites is 1. The van der Waals surface area contributed by atoms with Gasteiger partial charge in [-0.2, -0.15) is 0 Å². The van der Waals surface area contributed by atoms with Crippen LogP contribution in [-0.2, 0) is 11.3 Å². The molecule has 1 unspecified atom stereocenters. The fourth-order valence-corrected chi connectivity index (χ4v) is 2.52. The van der Waals surface area contributed by atoms with E-state index in [1.807, 2.05) is 39.0 Å². The van der Waals surface area contributed by atoms with Crippen LogP contribution >= 0.6 is 0 Å². The predicted molar refractivity (Wildman–Crippen MR) is 102 cm³/mol. The molecule has 0 aliphatic heterocycles. The maximum atomic E-state index is 13.7. The van der Waals surface area contributed by atoms with E-state index in [0.29, 0.717) is 37.7 Å². The summed E-state index contributed by atoms with van der Waals surface area (Å²) < 4.78 is 30.4. The van der Waals surface area contributed by atoms with Crippen molar-refractivity contribution in [1.82, 2.24) is 5.32 Å². The number of hydrogen-bond acceptors (Lipinski definition) is 4. The van der Waals surface area contributed by atoms with Crippen molar-refractivity contribution in [3.05, 3.63) is 53.8 Å². The summed E-state index contributed by atoms with van der Waals surface area (Å²) in [5.41, 5.74) is 0.871. The highest BCUT2D eigenvalue weighted by Gasteiger charge is 2.19. The minimum Gasteiger partial charge on any atom is -0.490 e. The largest absolute Gasteiger partial charge is 0.490 e. The van der Waals surface area contributed by atoms with Crippen LogP contribution in [0.5, 0.6) is 17.2 Å². The number of hydrogen-bond donors (Lipinski definition) is 1. The lowest BCUT2D eigenvalue weighted by Gasteiger charge is -2.18. The molecule has 146 valence electrons. The Morgan fingerprint density at radius 1 is 1.00 bits per heavy atom. The van der Waals surface area contributed by atoms with E-state index in [9.17, 15) is 9.18 Å². The van der Waals surface area contributed by atoms with Gasteiger partial charge in [-0.1, -0.05) is 25.1 Å². The predicted octanol–water partition coefficient (Wildman–Crippen LogP) is 4.10. The lowest BCUT2D eigenvalue weighted by atomic mass is 10.2. The zero-order valence-electron chi connectivity index (χ0n) is 16.0. The van der Waals surface area contributed by atoms with Gasteiger partial charge in [0.15, 0.2) is 29.2 Å². The Labute approximate surface area is 159 Å². The van der Waals surface area contributed by atoms with Crippen LogP contribution < -0.4 is 19.5 Å². The molecular weight excluding hydrogens is 349 g/mol. The van der Waals surface area contributed by atoms with Gasteiger partial charge in [-0.3, -0.25) is 4.79 Å². The Balaban J connectivity index is 2.00. The van der Waals surface area contributed by atoms with E-state index in [2.05, 4.69) is 5.32 Å². The Morgan fingerprint density at radius 2 is 1.70 bits per heavy atom. The number of nitrogens with one attached hydrogen (secondary N) is 1. The number of benzene rings is 2. The zero-order chi connectivity index (χ0) is 19.6. The fourth-order valence-electron chi connectivity index (χ4n) is 2.52. The van der Waals surface area contributed by atoms with Gasteiger partial charge in [0.05, 0.1) is 13.2 Å². The Hall–Kier alpha value is -2.76. The molecule has 0 spiro atoms. The molecule has 0 fully saturated rings. The molecule has 0 saturated heterocycles. The van der Waals surface area contributed by atoms with E-state index in [1.165, 1.54) is 12.1 Å². The maximum absolute atomic E-state index is 13.7. The highest BCUT2D eigenvalue weighted by molar-refractivity contribution is 5.81. The summed E-state index contributed by atoms with van der Waals surface area (Å²) in [6.45, 7) is 6.99. The van der Waals surface area contributed by atoms with Gasteiger partial charge >= 0.3 is 0 Å². The minimum absolute atomic E-state index is 0.0687. The molecule has 2 rings (SSSR count). The molecule has 2 aromatic rings. The zero-order valence-corrected chi connectivity index (χ0v) is 16.0. The SMILES string of the molecule is CCOc1ccc(CNC(=O)C(CC)Oc2ccccc2F)cc1OCC. The molecule has 27 heavy (non-hydrogen) atoms. The number of amides is 1. The van der Waals surface area contributed by atoms with E-state index in [0.717, 1.165) is 5.56 Å². The highest BCUT2D eigenvalue weighted by Crippen LogP contribution is 2.28. The molecule has 0 aromatic heterocycles.